The van der Waals surface area contributed by atoms with Crippen molar-refractivity contribution in [2.45, 2.75) is 25.4 Å². The molecule has 3 nitrogen and oxygen atoms in total. The Kier molecular flexibility index (Phi) is 5.86. The van der Waals surface area contributed by atoms with Crippen LogP contribution in [-0.4, -0.2) is 24.4 Å². The predicted molar refractivity (Wildman–Crippen MR) is 103 cm³/mol. The van der Waals surface area contributed by atoms with Crippen molar-refractivity contribution in [1.82, 2.24) is 0 Å². The third-order valence-electron chi connectivity index (χ3n) is 4.40. The highest BCUT2D eigenvalue weighted by molar-refractivity contribution is 6.36. The van der Waals surface area contributed by atoms with Gasteiger partial charge < -0.3 is 10.0 Å². The van der Waals surface area contributed by atoms with Crippen LogP contribution in [0.25, 0.3) is 0 Å². The number of anilines is 1. The lowest BCUT2D eigenvalue weighted by Crippen LogP contribution is -2.29. The number of benzene rings is 2. The van der Waals surface area contributed by atoms with Gasteiger partial charge in [-0.2, -0.15) is 13.2 Å². The number of hydrogen-bond donors (Lipinski definition) is 1. The third kappa shape index (κ3) is 4.68. The Bertz CT molecular complexity index is 863. The van der Waals surface area contributed by atoms with E-state index in [2.05, 4.69) is 4.99 Å². The quantitative estimate of drug-likeness (QED) is 0.582. The van der Waals surface area contributed by atoms with E-state index in [4.69, 9.17) is 23.2 Å². The minimum atomic E-state index is -4.47. The zero-order valence-corrected chi connectivity index (χ0v) is 15.7. The Hall–Kier alpha value is -1.92. The van der Waals surface area contributed by atoms with Crippen molar-refractivity contribution in [2.24, 2.45) is 4.99 Å². The number of piperidine rings is 1. The van der Waals surface area contributed by atoms with E-state index in [1.807, 2.05) is 4.90 Å². The first-order valence-electron chi connectivity index (χ1n) is 8.44. The molecule has 0 saturated carbocycles. The lowest BCUT2D eigenvalue weighted by molar-refractivity contribution is -0.137. The number of hydrogen-bond acceptors (Lipinski definition) is 3. The first-order valence-corrected chi connectivity index (χ1v) is 9.19. The standard InChI is InChI=1S/C19H17Cl2F3N2O/c20-14-8-12(18(27)15(21)10-14)11-25-16-9-13(19(22,23)24)4-5-17(16)26-6-2-1-3-7-26/h4-5,8-11,27H,1-3,6-7H2. The number of alkyl halides is 3. The molecule has 144 valence electrons. The molecule has 0 bridgehead atoms. The summed E-state index contributed by atoms with van der Waals surface area (Å²) in [6.45, 7) is 1.53. The van der Waals surface area contributed by atoms with Crippen LogP contribution in [0.1, 0.15) is 30.4 Å². The van der Waals surface area contributed by atoms with Crippen LogP contribution >= 0.6 is 23.2 Å². The Morgan fingerprint density at radius 3 is 2.41 bits per heavy atom. The fraction of sp³-hybridized carbons (Fsp3) is 0.316. The van der Waals surface area contributed by atoms with E-state index < -0.39 is 11.7 Å². The molecule has 3 rings (SSSR count). The second-order valence-corrected chi connectivity index (χ2v) is 7.18. The molecular formula is C19H17Cl2F3N2O. The molecule has 1 N–H and O–H groups in total. The van der Waals surface area contributed by atoms with E-state index in [0.717, 1.165) is 44.5 Å². The van der Waals surface area contributed by atoms with Gasteiger partial charge in [-0.05, 0) is 49.6 Å². The van der Waals surface area contributed by atoms with Crippen molar-refractivity contribution in [1.29, 1.82) is 0 Å². The number of rotatable bonds is 3. The summed E-state index contributed by atoms with van der Waals surface area (Å²) in [5.74, 6) is -0.226. The number of aliphatic imine (C=N–C) groups is 1. The Morgan fingerprint density at radius 1 is 1.04 bits per heavy atom. The average Bonchev–Trinajstić information content (AvgIpc) is 2.63. The Morgan fingerprint density at radius 2 is 1.74 bits per heavy atom. The normalized spacial score (nSPS) is 15.5. The number of nitrogens with zero attached hydrogens (tertiary/aromatic N) is 2. The van der Waals surface area contributed by atoms with Crippen LogP contribution in [0.15, 0.2) is 35.3 Å². The molecule has 1 fully saturated rings. The molecule has 0 radical (unpaired) electrons. The van der Waals surface area contributed by atoms with Crippen molar-refractivity contribution in [3.05, 3.63) is 51.5 Å². The van der Waals surface area contributed by atoms with Gasteiger partial charge in [0, 0.05) is 29.9 Å². The summed E-state index contributed by atoms with van der Waals surface area (Å²) < 4.78 is 39.4. The summed E-state index contributed by atoms with van der Waals surface area (Å²) in [5.41, 5.74) is 0.270. The highest BCUT2D eigenvalue weighted by Crippen LogP contribution is 2.38. The first-order chi connectivity index (χ1) is 12.8. The lowest BCUT2D eigenvalue weighted by atomic mass is 10.1. The zero-order valence-electron chi connectivity index (χ0n) is 14.2. The number of halogens is 5. The van der Waals surface area contributed by atoms with Gasteiger partial charge in [-0.1, -0.05) is 23.2 Å². The largest absolute Gasteiger partial charge is 0.506 e. The van der Waals surface area contributed by atoms with E-state index in [-0.39, 0.29) is 22.0 Å². The van der Waals surface area contributed by atoms with Crippen molar-refractivity contribution in [3.8, 4) is 5.75 Å². The summed E-state index contributed by atoms with van der Waals surface area (Å²) in [7, 11) is 0. The van der Waals surface area contributed by atoms with Crippen LogP contribution in [-0.2, 0) is 6.18 Å². The second kappa shape index (κ2) is 7.98. The fourth-order valence-electron chi connectivity index (χ4n) is 3.03. The SMILES string of the molecule is Oc1c(Cl)cc(Cl)cc1C=Nc1cc(C(F)(F)F)ccc1N1CCCCC1. The summed E-state index contributed by atoms with van der Waals surface area (Å²) in [4.78, 5) is 6.25. The van der Waals surface area contributed by atoms with Crippen LogP contribution in [0.4, 0.5) is 24.5 Å². The van der Waals surface area contributed by atoms with E-state index in [1.54, 1.807) is 0 Å². The molecule has 0 amide bonds. The molecular weight excluding hydrogens is 400 g/mol. The van der Waals surface area contributed by atoms with E-state index in [0.29, 0.717) is 10.7 Å². The molecule has 8 heteroatoms. The van der Waals surface area contributed by atoms with Gasteiger partial charge in [0.15, 0.2) is 0 Å². The van der Waals surface area contributed by atoms with Crippen LogP contribution in [0.3, 0.4) is 0 Å². The van der Waals surface area contributed by atoms with Crippen molar-refractivity contribution >= 4 is 40.8 Å². The van der Waals surface area contributed by atoms with Crippen molar-refractivity contribution < 1.29 is 18.3 Å². The summed E-state index contributed by atoms with van der Waals surface area (Å²) in [6.07, 6.45) is -0.128. The highest BCUT2D eigenvalue weighted by atomic mass is 35.5. The molecule has 0 atom stereocenters. The van der Waals surface area contributed by atoms with Crippen LogP contribution in [0.5, 0.6) is 5.75 Å². The maximum atomic E-state index is 13.1. The molecule has 0 spiro atoms. The van der Waals surface area contributed by atoms with Crippen LogP contribution in [0.2, 0.25) is 10.0 Å². The zero-order chi connectivity index (χ0) is 19.6. The molecule has 1 saturated heterocycles. The molecule has 1 aliphatic heterocycles. The van der Waals surface area contributed by atoms with Gasteiger partial charge in [-0.15, -0.1) is 0 Å². The van der Waals surface area contributed by atoms with Gasteiger partial charge >= 0.3 is 6.18 Å². The van der Waals surface area contributed by atoms with Gasteiger partial charge in [-0.3, -0.25) is 4.99 Å². The van der Waals surface area contributed by atoms with E-state index >= 15 is 0 Å². The molecule has 0 unspecified atom stereocenters. The highest BCUT2D eigenvalue weighted by Gasteiger charge is 2.31. The molecule has 2 aromatic rings. The Balaban J connectivity index is 2.03. The minimum Gasteiger partial charge on any atom is -0.506 e. The number of phenols is 1. The topological polar surface area (TPSA) is 35.8 Å². The maximum absolute atomic E-state index is 13.1. The second-order valence-electron chi connectivity index (χ2n) is 6.33. The van der Waals surface area contributed by atoms with Gasteiger partial charge in [-0.25, -0.2) is 0 Å². The number of phenolic OH excluding ortho intramolecular Hbond substituents is 1. The summed E-state index contributed by atoms with van der Waals surface area (Å²) >= 11 is 11.8. The summed E-state index contributed by atoms with van der Waals surface area (Å²) in [5, 5.41) is 10.4. The molecule has 1 aliphatic rings. The van der Waals surface area contributed by atoms with Crippen molar-refractivity contribution in [3.63, 3.8) is 0 Å². The lowest BCUT2D eigenvalue weighted by Gasteiger charge is -2.30. The molecule has 27 heavy (non-hydrogen) atoms. The summed E-state index contributed by atoms with van der Waals surface area (Å²) in [6, 6.07) is 6.35. The van der Waals surface area contributed by atoms with Gasteiger partial charge in [0.2, 0.25) is 0 Å². The first kappa shape index (κ1) is 19.8. The van der Waals surface area contributed by atoms with E-state index in [9.17, 15) is 18.3 Å². The predicted octanol–water partition coefficient (Wildman–Crippen LogP) is 6.46. The smallest absolute Gasteiger partial charge is 0.416 e. The monoisotopic (exact) mass is 416 g/mol. The van der Waals surface area contributed by atoms with Crippen LogP contribution in [0, 0.1) is 0 Å². The Labute approximate surface area is 165 Å². The molecule has 0 aromatic heterocycles. The molecule has 2 aromatic carbocycles. The minimum absolute atomic E-state index is 0.0456. The van der Waals surface area contributed by atoms with Gasteiger partial charge in [0.05, 0.1) is 22.0 Å². The molecule has 0 aliphatic carbocycles. The fourth-order valence-corrected chi connectivity index (χ4v) is 3.54. The number of aromatic hydroxyl groups is 1. The maximum Gasteiger partial charge on any atom is 0.416 e. The van der Waals surface area contributed by atoms with Gasteiger partial charge in [0.25, 0.3) is 0 Å². The third-order valence-corrected chi connectivity index (χ3v) is 4.91. The average molecular weight is 417 g/mol. The van der Waals surface area contributed by atoms with Gasteiger partial charge in [0.1, 0.15) is 5.75 Å². The van der Waals surface area contributed by atoms with E-state index in [1.165, 1.54) is 24.4 Å². The van der Waals surface area contributed by atoms with Crippen LogP contribution < -0.4 is 4.90 Å². The molecule has 1 heterocycles. The van der Waals surface area contributed by atoms with Crippen molar-refractivity contribution in [2.75, 3.05) is 18.0 Å².